The van der Waals surface area contributed by atoms with Crippen molar-refractivity contribution in [1.82, 2.24) is 14.7 Å². The number of hydrogen-bond acceptors (Lipinski definition) is 4. The molecule has 1 aromatic heterocycles. The average Bonchev–Trinajstić information content (AvgIpc) is 3.31. The first-order valence-corrected chi connectivity index (χ1v) is 15.4. The Morgan fingerprint density at radius 3 is 2.44 bits per heavy atom. The summed E-state index contributed by atoms with van der Waals surface area (Å²) >= 11 is 1.83. The lowest BCUT2D eigenvalue weighted by Gasteiger charge is -2.41. The largest absolute Gasteiger partial charge is 0.340 e. The molecule has 5 nitrogen and oxygen atoms in total. The molecule has 1 fully saturated rings. The zero-order chi connectivity index (χ0) is 27.4. The van der Waals surface area contributed by atoms with Crippen LogP contribution >= 0.6 is 11.3 Å². The fourth-order valence-electron chi connectivity index (χ4n) is 6.12. The maximum absolute atomic E-state index is 13.9. The number of amides is 2. The minimum absolute atomic E-state index is 0.0695. The third-order valence-corrected chi connectivity index (χ3v) is 9.45. The van der Waals surface area contributed by atoms with Crippen molar-refractivity contribution in [2.24, 2.45) is 0 Å². The van der Waals surface area contributed by atoms with E-state index in [0.717, 1.165) is 31.4 Å². The molecule has 0 saturated carbocycles. The minimum atomic E-state index is -0.236. The van der Waals surface area contributed by atoms with Crippen LogP contribution in [-0.4, -0.2) is 65.3 Å². The molecule has 0 unspecified atom stereocenters. The summed E-state index contributed by atoms with van der Waals surface area (Å²) in [6.07, 6.45) is 5.17. The summed E-state index contributed by atoms with van der Waals surface area (Å²) < 4.78 is 0. The normalized spacial score (nSPS) is 18.9. The fraction of sp³-hybridized carbons (Fsp3) is 0.455. The van der Waals surface area contributed by atoms with Crippen LogP contribution in [0.1, 0.15) is 76.6 Å². The summed E-state index contributed by atoms with van der Waals surface area (Å²) in [5, 5.41) is 2.19. The van der Waals surface area contributed by atoms with Crippen LogP contribution in [0, 0.1) is 6.92 Å². The molecule has 2 aliphatic rings. The lowest BCUT2D eigenvalue weighted by atomic mass is 9.89. The quantitative estimate of drug-likeness (QED) is 0.361. The maximum Gasteiger partial charge on any atom is 0.253 e. The number of nitrogens with zero attached hydrogens (tertiary/aromatic N) is 3. The van der Waals surface area contributed by atoms with Crippen molar-refractivity contribution >= 4 is 23.2 Å². The second-order valence-electron chi connectivity index (χ2n) is 11.0. The van der Waals surface area contributed by atoms with Gasteiger partial charge in [-0.05, 0) is 85.4 Å². The van der Waals surface area contributed by atoms with Gasteiger partial charge in [-0.2, -0.15) is 0 Å². The number of carbonyl (C=O) groups is 2. The van der Waals surface area contributed by atoms with E-state index in [-0.39, 0.29) is 23.9 Å². The van der Waals surface area contributed by atoms with Gasteiger partial charge in [0.15, 0.2) is 0 Å². The minimum Gasteiger partial charge on any atom is -0.340 e. The predicted octanol–water partition coefficient (Wildman–Crippen LogP) is 6.11. The Bertz CT molecular complexity index is 1280. The number of hydrogen-bond donors (Lipinski definition) is 0. The third-order valence-electron chi connectivity index (χ3n) is 8.46. The Morgan fingerprint density at radius 2 is 1.67 bits per heavy atom. The van der Waals surface area contributed by atoms with E-state index in [1.54, 1.807) is 0 Å². The summed E-state index contributed by atoms with van der Waals surface area (Å²) in [5.74, 6) is 0.238. The molecule has 39 heavy (non-hydrogen) atoms. The highest BCUT2D eigenvalue weighted by atomic mass is 32.1. The van der Waals surface area contributed by atoms with Crippen LogP contribution in [0.5, 0.6) is 0 Å². The van der Waals surface area contributed by atoms with Gasteiger partial charge in [0.1, 0.15) is 0 Å². The highest BCUT2D eigenvalue weighted by Gasteiger charge is 2.37. The Balaban J connectivity index is 1.27. The zero-order valence-corrected chi connectivity index (χ0v) is 24.4. The van der Waals surface area contributed by atoms with E-state index in [1.807, 2.05) is 33.3 Å². The van der Waals surface area contributed by atoms with Crippen molar-refractivity contribution in [3.63, 3.8) is 0 Å². The van der Waals surface area contributed by atoms with Crippen molar-refractivity contribution in [2.45, 2.75) is 65.0 Å². The fourth-order valence-corrected chi connectivity index (χ4v) is 7.02. The van der Waals surface area contributed by atoms with Crippen LogP contribution < -0.4 is 0 Å². The van der Waals surface area contributed by atoms with Crippen molar-refractivity contribution in [3.05, 3.63) is 92.7 Å². The van der Waals surface area contributed by atoms with E-state index >= 15 is 0 Å². The van der Waals surface area contributed by atoms with Gasteiger partial charge in [-0.3, -0.25) is 14.5 Å². The summed E-state index contributed by atoms with van der Waals surface area (Å²) in [7, 11) is 0. The molecule has 1 saturated heterocycles. The van der Waals surface area contributed by atoms with Gasteiger partial charge in [-0.1, -0.05) is 49.7 Å². The van der Waals surface area contributed by atoms with Gasteiger partial charge < -0.3 is 9.80 Å². The molecule has 6 heteroatoms. The second kappa shape index (κ2) is 12.5. The molecule has 2 atom stereocenters. The highest BCUT2D eigenvalue weighted by molar-refractivity contribution is 7.10. The van der Waals surface area contributed by atoms with Crippen LogP contribution in [0.25, 0.3) is 0 Å². The Kier molecular flexibility index (Phi) is 8.83. The van der Waals surface area contributed by atoms with E-state index in [2.05, 4.69) is 73.5 Å². The van der Waals surface area contributed by atoms with Gasteiger partial charge in [0.2, 0.25) is 5.91 Å². The number of benzene rings is 2. The maximum atomic E-state index is 13.9. The summed E-state index contributed by atoms with van der Waals surface area (Å²) in [4.78, 5) is 34.9. The van der Waals surface area contributed by atoms with Gasteiger partial charge in [-0.15, -0.1) is 11.3 Å². The molecule has 2 aliphatic heterocycles. The molecule has 2 aromatic carbocycles. The van der Waals surface area contributed by atoms with E-state index in [9.17, 15) is 9.59 Å². The van der Waals surface area contributed by atoms with Gasteiger partial charge in [-0.25, -0.2) is 0 Å². The van der Waals surface area contributed by atoms with Crippen LogP contribution in [0.2, 0.25) is 0 Å². The second-order valence-corrected chi connectivity index (χ2v) is 12.0. The van der Waals surface area contributed by atoms with Gasteiger partial charge in [0, 0.05) is 43.2 Å². The third kappa shape index (κ3) is 5.97. The van der Waals surface area contributed by atoms with E-state index < -0.39 is 0 Å². The molecule has 0 aliphatic carbocycles. The molecule has 0 spiro atoms. The molecule has 0 N–H and O–H groups in total. The lowest BCUT2D eigenvalue weighted by molar-refractivity contribution is -0.137. The first-order chi connectivity index (χ1) is 19.0. The first-order valence-electron chi connectivity index (χ1n) is 14.5. The molecule has 3 heterocycles. The van der Waals surface area contributed by atoms with Gasteiger partial charge >= 0.3 is 0 Å². The van der Waals surface area contributed by atoms with Crippen LogP contribution in [0.15, 0.2) is 60.0 Å². The van der Waals surface area contributed by atoms with E-state index in [1.165, 1.54) is 40.0 Å². The predicted molar refractivity (Wildman–Crippen MR) is 159 cm³/mol. The lowest BCUT2D eigenvalue weighted by Crippen LogP contribution is -2.51. The number of unbranched alkanes of at least 4 members (excludes halogenated alkanes) is 1. The zero-order valence-electron chi connectivity index (χ0n) is 23.6. The van der Waals surface area contributed by atoms with E-state index in [0.29, 0.717) is 26.2 Å². The van der Waals surface area contributed by atoms with Gasteiger partial charge in [0.05, 0.1) is 12.1 Å². The molecule has 0 radical (unpaired) electrons. The smallest absolute Gasteiger partial charge is 0.253 e. The van der Waals surface area contributed by atoms with Crippen molar-refractivity contribution < 1.29 is 9.59 Å². The summed E-state index contributed by atoms with van der Waals surface area (Å²) in [6.45, 7) is 9.82. The summed E-state index contributed by atoms with van der Waals surface area (Å²) in [5.41, 5.74) is 5.91. The number of carbonyl (C=O) groups excluding carboxylic acids is 2. The molecule has 206 valence electrons. The van der Waals surface area contributed by atoms with Crippen molar-refractivity contribution in [3.8, 4) is 0 Å². The monoisotopic (exact) mass is 543 g/mol. The highest BCUT2D eigenvalue weighted by Crippen LogP contribution is 2.40. The van der Waals surface area contributed by atoms with E-state index in [4.69, 9.17) is 0 Å². The Labute approximate surface area is 237 Å². The molecule has 0 bridgehead atoms. The number of rotatable bonds is 7. The molecule has 2 amide bonds. The van der Waals surface area contributed by atoms with Gasteiger partial charge in [0.25, 0.3) is 5.91 Å². The number of fused-ring (bicyclic) bond motifs is 1. The van der Waals surface area contributed by atoms with Crippen LogP contribution in [0.3, 0.4) is 0 Å². The van der Waals surface area contributed by atoms with Crippen LogP contribution in [0.4, 0.5) is 0 Å². The topological polar surface area (TPSA) is 43.9 Å². The summed E-state index contributed by atoms with van der Waals surface area (Å²) in [6, 6.07) is 18.8. The molecular weight excluding hydrogens is 502 g/mol. The molecular formula is C33H41N3O2S. The SMILES string of the molecule is CCCCc1ccc(C(=O)N2CCCN(C(=O)[C@@H](C)N3CCc4sccc4[C@H]3c3ccccc3C)CC2)cc1. The molecule has 3 aromatic rings. The standard InChI is InChI=1S/C33H41N3O2S/c1-4-5-10-26-12-14-27(15-13-26)33(38)35-19-8-18-34(21-22-35)32(37)25(3)36-20-16-30-29(17-23-39-30)31(36)28-11-7-6-9-24(28)2/h6-7,9,11-15,17,23,25,31H,4-5,8,10,16,18-22H2,1-3H3/t25-,31-/m1/s1. The Morgan fingerprint density at radius 1 is 0.923 bits per heavy atom. The average molecular weight is 544 g/mol. The molecule has 5 rings (SSSR count). The van der Waals surface area contributed by atoms with Crippen LogP contribution in [-0.2, 0) is 17.6 Å². The first kappa shape index (κ1) is 27.6. The number of aryl methyl sites for hydroxylation is 2. The number of thiophene rings is 1. The Hall–Kier alpha value is -2.96. The van der Waals surface area contributed by atoms with Crippen molar-refractivity contribution in [1.29, 1.82) is 0 Å². The van der Waals surface area contributed by atoms with Crippen molar-refractivity contribution in [2.75, 3.05) is 32.7 Å².